The highest BCUT2D eigenvalue weighted by molar-refractivity contribution is 5.53. The number of anilines is 1. The highest BCUT2D eigenvalue weighted by atomic mass is 16.5. The van der Waals surface area contributed by atoms with Crippen LogP contribution in [-0.4, -0.2) is 19.6 Å². The fourth-order valence-electron chi connectivity index (χ4n) is 1.54. The summed E-state index contributed by atoms with van der Waals surface area (Å²) < 4.78 is 9.13. The molecular weight excluding hydrogens is 218 g/mol. The van der Waals surface area contributed by atoms with E-state index in [9.17, 15) is 0 Å². The predicted octanol–water partition coefficient (Wildman–Crippen LogP) is 1.88. The van der Waals surface area contributed by atoms with Gasteiger partial charge in [-0.3, -0.25) is 4.68 Å². The van der Waals surface area contributed by atoms with Crippen LogP contribution in [0.1, 0.15) is 25.6 Å². The fraction of sp³-hybridized carbons (Fsp3) is 0.455. The molecule has 17 heavy (non-hydrogen) atoms. The predicted molar refractivity (Wildman–Crippen MR) is 65.0 cm³/mol. The van der Waals surface area contributed by atoms with E-state index in [1.54, 1.807) is 17.9 Å². The van der Waals surface area contributed by atoms with Gasteiger partial charge in [0.2, 0.25) is 5.88 Å². The topological polar surface area (TPSA) is 70.9 Å². The summed E-state index contributed by atoms with van der Waals surface area (Å²) >= 11 is 0. The van der Waals surface area contributed by atoms with Crippen LogP contribution in [0.3, 0.4) is 0 Å². The van der Waals surface area contributed by atoms with E-state index in [-0.39, 0.29) is 0 Å². The Kier molecular flexibility index (Phi) is 2.79. The lowest BCUT2D eigenvalue weighted by molar-refractivity contribution is 0.430. The van der Waals surface area contributed by atoms with Crippen LogP contribution in [0.15, 0.2) is 12.4 Å². The second kappa shape index (κ2) is 4.12. The van der Waals surface area contributed by atoms with E-state index in [1.165, 1.54) is 0 Å². The molecule has 2 aromatic rings. The molecular formula is C11H17N5O. The monoisotopic (exact) mass is 235 g/mol. The number of hydrogen-bond acceptors (Lipinski definition) is 4. The molecule has 0 saturated heterocycles. The number of nitrogens with two attached hydrogens (primary N) is 1. The molecule has 0 fully saturated rings. The zero-order chi connectivity index (χ0) is 12.6. The van der Waals surface area contributed by atoms with E-state index in [0.29, 0.717) is 23.4 Å². The Morgan fingerprint density at radius 1 is 1.41 bits per heavy atom. The highest BCUT2D eigenvalue weighted by Gasteiger charge is 2.13. The van der Waals surface area contributed by atoms with Crippen molar-refractivity contribution in [3.63, 3.8) is 0 Å². The highest BCUT2D eigenvalue weighted by Crippen LogP contribution is 2.29. The Labute approximate surface area is 100.0 Å². The van der Waals surface area contributed by atoms with Crippen LogP contribution in [0.25, 0.3) is 0 Å². The van der Waals surface area contributed by atoms with E-state index in [2.05, 4.69) is 24.0 Å². The molecule has 92 valence electrons. The van der Waals surface area contributed by atoms with E-state index in [0.717, 1.165) is 5.69 Å². The van der Waals surface area contributed by atoms with Gasteiger partial charge in [0, 0.05) is 13.1 Å². The molecule has 2 N–H and O–H groups in total. The minimum atomic E-state index is 0.304. The van der Waals surface area contributed by atoms with Gasteiger partial charge in [-0.1, -0.05) is 0 Å². The summed E-state index contributed by atoms with van der Waals surface area (Å²) in [6, 6.07) is 0.304. The Morgan fingerprint density at radius 3 is 2.59 bits per heavy atom. The molecule has 2 rings (SSSR count). The van der Waals surface area contributed by atoms with E-state index >= 15 is 0 Å². The third-order valence-electron chi connectivity index (χ3n) is 2.54. The minimum absolute atomic E-state index is 0.304. The van der Waals surface area contributed by atoms with Gasteiger partial charge in [-0.15, -0.1) is 0 Å². The first-order valence-electron chi connectivity index (χ1n) is 5.50. The molecule has 2 aromatic heterocycles. The number of aromatic nitrogens is 4. The SMILES string of the molecule is Cc1nn(C)c(Oc2cnn(C(C)C)c2)c1N. The zero-order valence-corrected chi connectivity index (χ0v) is 10.5. The lowest BCUT2D eigenvalue weighted by Gasteiger charge is -2.05. The second-order valence-corrected chi connectivity index (χ2v) is 4.28. The smallest absolute Gasteiger partial charge is 0.241 e. The van der Waals surface area contributed by atoms with Crippen LogP contribution in [0.5, 0.6) is 11.6 Å². The third-order valence-corrected chi connectivity index (χ3v) is 2.54. The maximum absolute atomic E-state index is 5.88. The number of hydrogen-bond donors (Lipinski definition) is 1. The summed E-state index contributed by atoms with van der Waals surface area (Å²) in [7, 11) is 1.80. The van der Waals surface area contributed by atoms with Crippen LogP contribution in [0.2, 0.25) is 0 Å². The molecule has 0 radical (unpaired) electrons. The van der Waals surface area contributed by atoms with Gasteiger partial charge in [-0.25, -0.2) is 4.68 Å². The maximum Gasteiger partial charge on any atom is 0.241 e. The van der Waals surface area contributed by atoms with Gasteiger partial charge >= 0.3 is 0 Å². The first-order chi connectivity index (χ1) is 7.99. The van der Waals surface area contributed by atoms with Crippen LogP contribution in [0, 0.1) is 6.92 Å². The van der Waals surface area contributed by atoms with Gasteiger partial charge in [0.1, 0.15) is 5.69 Å². The first kappa shape index (κ1) is 11.5. The largest absolute Gasteiger partial charge is 0.434 e. The van der Waals surface area contributed by atoms with E-state index in [1.807, 2.05) is 17.8 Å². The van der Waals surface area contributed by atoms with Crippen molar-refractivity contribution in [3.05, 3.63) is 18.1 Å². The van der Waals surface area contributed by atoms with Gasteiger partial charge in [0.15, 0.2) is 5.75 Å². The Balaban J connectivity index is 2.25. The van der Waals surface area contributed by atoms with Crippen molar-refractivity contribution >= 4 is 5.69 Å². The summed E-state index contributed by atoms with van der Waals surface area (Å²) in [4.78, 5) is 0. The van der Waals surface area contributed by atoms with Gasteiger partial charge in [0.25, 0.3) is 0 Å². The average Bonchev–Trinajstić information content (AvgIpc) is 2.80. The lowest BCUT2D eigenvalue weighted by Crippen LogP contribution is -2.00. The molecule has 0 spiro atoms. The Hall–Kier alpha value is -1.98. The van der Waals surface area contributed by atoms with Crippen LogP contribution >= 0.6 is 0 Å². The molecule has 0 aliphatic rings. The molecule has 6 nitrogen and oxygen atoms in total. The lowest BCUT2D eigenvalue weighted by atomic mass is 10.4. The van der Waals surface area contributed by atoms with Crippen molar-refractivity contribution < 1.29 is 4.74 Å². The van der Waals surface area contributed by atoms with Gasteiger partial charge in [-0.05, 0) is 20.8 Å². The van der Waals surface area contributed by atoms with Crippen molar-refractivity contribution in [2.75, 3.05) is 5.73 Å². The van der Waals surface area contributed by atoms with Gasteiger partial charge in [0.05, 0.1) is 18.1 Å². The molecule has 0 aliphatic heterocycles. The molecule has 0 saturated carbocycles. The molecule has 6 heteroatoms. The number of aryl methyl sites for hydroxylation is 2. The quantitative estimate of drug-likeness (QED) is 0.881. The van der Waals surface area contributed by atoms with Crippen molar-refractivity contribution in [1.29, 1.82) is 0 Å². The molecule has 0 unspecified atom stereocenters. The number of nitrogens with zero attached hydrogens (tertiary/aromatic N) is 4. The van der Waals surface area contributed by atoms with Crippen molar-refractivity contribution in [1.82, 2.24) is 19.6 Å². The van der Waals surface area contributed by atoms with Crippen molar-refractivity contribution in [2.24, 2.45) is 7.05 Å². The van der Waals surface area contributed by atoms with Crippen LogP contribution in [0.4, 0.5) is 5.69 Å². The summed E-state index contributed by atoms with van der Waals surface area (Å²) in [5, 5.41) is 8.39. The fourth-order valence-corrected chi connectivity index (χ4v) is 1.54. The molecule has 0 amide bonds. The normalized spacial score (nSPS) is 11.1. The van der Waals surface area contributed by atoms with Crippen LogP contribution < -0.4 is 10.5 Å². The van der Waals surface area contributed by atoms with Gasteiger partial charge in [-0.2, -0.15) is 10.2 Å². The summed E-state index contributed by atoms with van der Waals surface area (Å²) in [6.07, 6.45) is 3.51. The molecule has 0 aliphatic carbocycles. The third kappa shape index (κ3) is 2.11. The standard InChI is InChI=1S/C11H17N5O/c1-7(2)16-6-9(5-13-16)17-11-10(12)8(3)14-15(11)4/h5-7H,12H2,1-4H3. The van der Waals surface area contributed by atoms with E-state index in [4.69, 9.17) is 10.5 Å². The first-order valence-corrected chi connectivity index (χ1v) is 5.50. The Morgan fingerprint density at radius 2 is 2.12 bits per heavy atom. The molecule has 0 bridgehead atoms. The molecule has 0 atom stereocenters. The van der Waals surface area contributed by atoms with Crippen molar-refractivity contribution in [2.45, 2.75) is 26.8 Å². The summed E-state index contributed by atoms with van der Waals surface area (Å²) in [5.41, 5.74) is 7.21. The minimum Gasteiger partial charge on any atom is -0.434 e. The van der Waals surface area contributed by atoms with Crippen LogP contribution in [-0.2, 0) is 7.05 Å². The summed E-state index contributed by atoms with van der Waals surface area (Å²) in [6.45, 7) is 5.96. The van der Waals surface area contributed by atoms with Gasteiger partial charge < -0.3 is 10.5 Å². The molecule has 0 aromatic carbocycles. The second-order valence-electron chi connectivity index (χ2n) is 4.28. The summed E-state index contributed by atoms with van der Waals surface area (Å²) in [5.74, 6) is 1.21. The molecule has 2 heterocycles. The Bertz CT molecular complexity index is 526. The van der Waals surface area contributed by atoms with E-state index < -0.39 is 0 Å². The maximum atomic E-state index is 5.88. The van der Waals surface area contributed by atoms with Crippen molar-refractivity contribution in [3.8, 4) is 11.6 Å². The average molecular weight is 235 g/mol. The number of ether oxygens (including phenoxy) is 1. The number of nitrogen functional groups attached to an aromatic ring is 1. The number of rotatable bonds is 3. The zero-order valence-electron chi connectivity index (χ0n) is 10.5.